The van der Waals surface area contributed by atoms with Crippen LogP contribution in [-0.2, 0) is 19.6 Å². The molecule has 0 atom stereocenters. The van der Waals surface area contributed by atoms with Crippen molar-refractivity contribution in [2.75, 3.05) is 38.1 Å². The molecule has 3 rings (SSSR count). The van der Waals surface area contributed by atoms with Crippen molar-refractivity contribution in [1.82, 2.24) is 0 Å². The summed E-state index contributed by atoms with van der Waals surface area (Å²) < 4.78 is 49.7. The van der Waals surface area contributed by atoms with Crippen LogP contribution in [0.2, 0.25) is 0 Å². The lowest BCUT2D eigenvalue weighted by atomic mass is 10.2. The molecular formula is C20H22N2O8S. The summed E-state index contributed by atoms with van der Waals surface area (Å²) in [5, 5.41) is 0. The van der Waals surface area contributed by atoms with Crippen molar-refractivity contribution in [2.24, 2.45) is 0 Å². The second-order valence-corrected chi connectivity index (χ2v) is 8.13. The number of carbonyl (C=O) groups is 2. The van der Waals surface area contributed by atoms with E-state index in [1.54, 1.807) is 0 Å². The Morgan fingerprint density at radius 1 is 0.806 bits per heavy atom. The minimum Gasteiger partial charge on any atom is -0.495 e. The molecule has 0 aliphatic carbocycles. The van der Waals surface area contributed by atoms with E-state index in [1.165, 1.54) is 58.8 Å². The van der Waals surface area contributed by atoms with Crippen molar-refractivity contribution in [3.63, 3.8) is 0 Å². The van der Waals surface area contributed by atoms with Gasteiger partial charge in [-0.2, -0.15) is 0 Å². The molecule has 166 valence electrons. The lowest BCUT2D eigenvalue weighted by Gasteiger charge is -2.18. The highest BCUT2D eigenvalue weighted by atomic mass is 32.2. The zero-order chi connectivity index (χ0) is 22.8. The van der Waals surface area contributed by atoms with E-state index in [2.05, 4.69) is 4.72 Å². The number of benzene rings is 2. The normalized spacial score (nSPS) is 13.9. The molecule has 1 aliphatic heterocycles. The van der Waals surface area contributed by atoms with E-state index in [4.69, 9.17) is 18.9 Å². The number of rotatable bonds is 8. The van der Waals surface area contributed by atoms with Crippen LogP contribution in [0.4, 0.5) is 11.4 Å². The van der Waals surface area contributed by atoms with Gasteiger partial charge in [0.2, 0.25) is 17.6 Å². The molecule has 1 heterocycles. The molecule has 1 saturated heterocycles. The standard InChI is InChI=1S/C20H22N2O8S/c1-27-14-6-5-13(22-18(23)7-8-19(22)24)11-17(14)31(25,26)21-12-9-15(28-2)20(30-4)16(10-12)29-3/h5-6,9-11,21H,7-8H2,1-4H3. The zero-order valence-electron chi connectivity index (χ0n) is 17.4. The summed E-state index contributed by atoms with van der Waals surface area (Å²) in [4.78, 5) is 24.9. The summed E-state index contributed by atoms with van der Waals surface area (Å²) in [6.07, 6.45) is 0.160. The maximum atomic E-state index is 13.2. The first-order valence-corrected chi connectivity index (χ1v) is 10.6. The van der Waals surface area contributed by atoms with Crippen LogP contribution >= 0.6 is 0 Å². The molecule has 2 aromatic carbocycles. The van der Waals surface area contributed by atoms with Crippen molar-refractivity contribution < 1.29 is 37.0 Å². The van der Waals surface area contributed by atoms with E-state index in [9.17, 15) is 18.0 Å². The smallest absolute Gasteiger partial charge is 0.265 e. The molecule has 0 aromatic heterocycles. The number of anilines is 2. The van der Waals surface area contributed by atoms with Gasteiger partial charge in [-0.25, -0.2) is 8.42 Å². The van der Waals surface area contributed by atoms with Gasteiger partial charge >= 0.3 is 0 Å². The predicted molar refractivity (Wildman–Crippen MR) is 112 cm³/mol. The largest absolute Gasteiger partial charge is 0.495 e. The Morgan fingerprint density at radius 2 is 1.35 bits per heavy atom. The van der Waals surface area contributed by atoms with Crippen molar-refractivity contribution in [3.05, 3.63) is 30.3 Å². The van der Waals surface area contributed by atoms with E-state index in [1.807, 2.05) is 0 Å². The van der Waals surface area contributed by atoms with Gasteiger partial charge in [-0.15, -0.1) is 0 Å². The summed E-state index contributed by atoms with van der Waals surface area (Å²) in [6, 6.07) is 6.93. The van der Waals surface area contributed by atoms with Gasteiger partial charge in [-0.1, -0.05) is 0 Å². The Balaban J connectivity index is 2.05. The minimum atomic E-state index is -4.19. The Bertz CT molecular complexity index is 1090. The molecule has 1 aliphatic rings. The molecule has 0 saturated carbocycles. The van der Waals surface area contributed by atoms with Gasteiger partial charge in [0.15, 0.2) is 11.5 Å². The van der Waals surface area contributed by atoms with Gasteiger partial charge in [0.1, 0.15) is 10.6 Å². The highest BCUT2D eigenvalue weighted by Gasteiger charge is 2.32. The number of methoxy groups -OCH3 is 4. The Morgan fingerprint density at radius 3 is 1.84 bits per heavy atom. The highest BCUT2D eigenvalue weighted by molar-refractivity contribution is 7.92. The number of carbonyl (C=O) groups excluding carboxylic acids is 2. The van der Waals surface area contributed by atoms with Crippen LogP contribution in [0.5, 0.6) is 23.0 Å². The number of nitrogens with zero attached hydrogens (tertiary/aromatic N) is 1. The molecule has 1 fully saturated rings. The van der Waals surface area contributed by atoms with Crippen LogP contribution in [0.1, 0.15) is 12.8 Å². The molecule has 0 bridgehead atoms. The van der Waals surface area contributed by atoms with Crippen LogP contribution in [-0.4, -0.2) is 48.7 Å². The second-order valence-electron chi connectivity index (χ2n) is 6.48. The van der Waals surface area contributed by atoms with E-state index < -0.39 is 21.8 Å². The molecule has 2 aromatic rings. The fourth-order valence-electron chi connectivity index (χ4n) is 3.23. The van der Waals surface area contributed by atoms with E-state index in [-0.39, 0.29) is 46.4 Å². The van der Waals surface area contributed by atoms with Crippen molar-refractivity contribution in [1.29, 1.82) is 0 Å². The second kappa shape index (κ2) is 8.72. The van der Waals surface area contributed by atoms with E-state index >= 15 is 0 Å². The number of nitrogens with one attached hydrogen (secondary N) is 1. The third-order valence-electron chi connectivity index (χ3n) is 4.66. The van der Waals surface area contributed by atoms with Crippen LogP contribution in [0.15, 0.2) is 35.2 Å². The van der Waals surface area contributed by atoms with Gasteiger partial charge in [0, 0.05) is 25.0 Å². The lowest BCUT2D eigenvalue weighted by molar-refractivity contribution is -0.121. The summed E-state index contributed by atoms with van der Waals surface area (Å²) in [7, 11) is 1.38. The average Bonchev–Trinajstić information content (AvgIpc) is 3.10. The fraction of sp³-hybridized carbons (Fsp3) is 0.300. The summed E-state index contributed by atoms with van der Waals surface area (Å²) in [5.74, 6) is 0.0793. The van der Waals surface area contributed by atoms with E-state index in [0.29, 0.717) is 5.75 Å². The molecule has 2 amide bonds. The van der Waals surface area contributed by atoms with E-state index in [0.717, 1.165) is 4.90 Å². The first-order chi connectivity index (χ1) is 14.7. The SMILES string of the molecule is COc1ccc(N2C(=O)CCC2=O)cc1S(=O)(=O)Nc1cc(OC)c(OC)c(OC)c1. The third kappa shape index (κ3) is 4.22. The maximum Gasteiger partial charge on any atom is 0.265 e. The monoisotopic (exact) mass is 450 g/mol. The average molecular weight is 450 g/mol. The molecule has 31 heavy (non-hydrogen) atoms. The van der Waals surface area contributed by atoms with Crippen molar-refractivity contribution in [2.45, 2.75) is 17.7 Å². The topological polar surface area (TPSA) is 120 Å². The van der Waals surface area contributed by atoms with Crippen LogP contribution in [0.25, 0.3) is 0 Å². The molecule has 0 spiro atoms. The minimum absolute atomic E-state index is 0.0442. The third-order valence-corrected chi connectivity index (χ3v) is 6.07. The number of hydrogen-bond acceptors (Lipinski definition) is 8. The predicted octanol–water partition coefficient (Wildman–Crippen LogP) is 2.18. The van der Waals surface area contributed by atoms with Gasteiger partial charge in [0.05, 0.1) is 39.8 Å². The quantitative estimate of drug-likeness (QED) is 0.608. The first-order valence-electron chi connectivity index (χ1n) is 9.12. The number of sulfonamides is 1. The van der Waals surface area contributed by atoms with Crippen LogP contribution in [0.3, 0.4) is 0 Å². The molecule has 10 nitrogen and oxygen atoms in total. The molecule has 11 heteroatoms. The van der Waals surface area contributed by atoms with Gasteiger partial charge in [-0.05, 0) is 18.2 Å². The number of hydrogen-bond donors (Lipinski definition) is 1. The number of imide groups is 1. The summed E-state index contributed by atoms with van der Waals surface area (Å²) in [6.45, 7) is 0. The summed E-state index contributed by atoms with van der Waals surface area (Å²) in [5.41, 5.74) is 0.300. The highest BCUT2D eigenvalue weighted by Crippen LogP contribution is 2.41. The Labute approximate surface area is 179 Å². The maximum absolute atomic E-state index is 13.2. The molecule has 0 radical (unpaired) electrons. The Kier molecular flexibility index (Phi) is 6.25. The van der Waals surface area contributed by atoms with Crippen LogP contribution in [0, 0.1) is 0 Å². The zero-order valence-corrected chi connectivity index (χ0v) is 18.2. The first kappa shape index (κ1) is 22.2. The molecule has 0 unspecified atom stereocenters. The Hall–Kier alpha value is -3.47. The van der Waals surface area contributed by atoms with Crippen LogP contribution < -0.4 is 28.6 Å². The van der Waals surface area contributed by atoms with Gasteiger partial charge in [0.25, 0.3) is 10.0 Å². The molecular weight excluding hydrogens is 428 g/mol. The van der Waals surface area contributed by atoms with Crippen molar-refractivity contribution >= 4 is 33.2 Å². The number of ether oxygens (including phenoxy) is 4. The van der Waals surface area contributed by atoms with Gasteiger partial charge in [-0.3, -0.25) is 19.2 Å². The molecule has 1 N–H and O–H groups in total. The van der Waals surface area contributed by atoms with Gasteiger partial charge < -0.3 is 18.9 Å². The lowest BCUT2D eigenvalue weighted by Crippen LogP contribution is -2.28. The fourth-order valence-corrected chi connectivity index (χ4v) is 4.46. The number of amides is 2. The van der Waals surface area contributed by atoms with Crippen molar-refractivity contribution in [3.8, 4) is 23.0 Å². The summed E-state index contributed by atoms with van der Waals surface area (Å²) >= 11 is 0.